The second kappa shape index (κ2) is 9.59. The summed E-state index contributed by atoms with van der Waals surface area (Å²) in [6.45, 7) is 2.35. The number of hydrogen-bond donors (Lipinski definition) is 1. The summed E-state index contributed by atoms with van der Waals surface area (Å²) in [5.74, 6) is 0.159. The number of methoxy groups -OCH3 is 1. The van der Waals surface area contributed by atoms with E-state index in [0.29, 0.717) is 23.1 Å². The zero-order valence-corrected chi connectivity index (χ0v) is 17.6. The lowest BCUT2D eigenvalue weighted by atomic mass is 9.68. The summed E-state index contributed by atoms with van der Waals surface area (Å²) in [5, 5.41) is 3.44. The van der Waals surface area contributed by atoms with E-state index in [1.54, 1.807) is 37.4 Å². The molecule has 2 aromatic carbocycles. The van der Waals surface area contributed by atoms with Crippen molar-refractivity contribution in [1.82, 2.24) is 0 Å². The standard InChI is InChI=1S/C23H27ClFNO3/c1-16(15-28-2)29-21-11-10-19(14-20(21)24)26-22(27)23(12-4-3-5-13-23)17-6-8-18(25)9-7-17/h6-11,14,16H,3-5,12-13,15H2,1-2H3,(H,26,27). The number of rotatable bonds is 7. The number of nitrogens with one attached hydrogen (secondary N) is 1. The maximum absolute atomic E-state index is 13.4. The Hall–Kier alpha value is -2.11. The van der Waals surface area contributed by atoms with Crippen LogP contribution >= 0.6 is 11.6 Å². The van der Waals surface area contributed by atoms with E-state index in [9.17, 15) is 9.18 Å². The molecule has 1 aliphatic carbocycles. The number of amides is 1. The SMILES string of the molecule is COCC(C)Oc1ccc(NC(=O)C2(c3ccc(F)cc3)CCCCC2)cc1Cl. The Morgan fingerprint density at radius 3 is 2.48 bits per heavy atom. The minimum atomic E-state index is -0.652. The molecular weight excluding hydrogens is 393 g/mol. The fraction of sp³-hybridized carbons (Fsp3) is 0.435. The molecule has 0 aliphatic heterocycles. The van der Waals surface area contributed by atoms with E-state index in [-0.39, 0.29) is 17.8 Å². The maximum Gasteiger partial charge on any atom is 0.235 e. The molecule has 0 radical (unpaired) electrons. The smallest absolute Gasteiger partial charge is 0.235 e. The van der Waals surface area contributed by atoms with Gasteiger partial charge in [-0.15, -0.1) is 0 Å². The highest BCUT2D eigenvalue weighted by Crippen LogP contribution is 2.41. The molecule has 2 aromatic rings. The molecule has 0 heterocycles. The van der Waals surface area contributed by atoms with Crippen LogP contribution in [-0.2, 0) is 14.9 Å². The quantitative estimate of drug-likeness (QED) is 0.623. The van der Waals surface area contributed by atoms with Crippen molar-refractivity contribution in [1.29, 1.82) is 0 Å². The summed E-state index contributed by atoms with van der Waals surface area (Å²) in [6, 6.07) is 11.5. The highest BCUT2D eigenvalue weighted by atomic mass is 35.5. The van der Waals surface area contributed by atoms with Gasteiger partial charge in [-0.05, 0) is 55.7 Å². The molecule has 1 N–H and O–H groups in total. The third kappa shape index (κ3) is 5.09. The van der Waals surface area contributed by atoms with Crippen molar-refractivity contribution in [3.8, 4) is 5.75 Å². The van der Waals surface area contributed by atoms with Crippen LogP contribution in [0.15, 0.2) is 42.5 Å². The van der Waals surface area contributed by atoms with Gasteiger partial charge in [-0.3, -0.25) is 4.79 Å². The van der Waals surface area contributed by atoms with Crippen LogP contribution in [0.2, 0.25) is 5.02 Å². The number of hydrogen-bond acceptors (Lipinski definition) is 3. The monoisotopic (exact) mass is 419 g/mol. The Kier molecular flexibility index (Phi) is 7.14. The highest BCUT2D eigenvalue weighted by Gasteiger charge is 2.41. The van der Waals surface area contributed by atoms with Crippen LogP contribution in [0.25, 0.3) is 0 Å². The zero-order chi connectivity index (χ0) is 20.9. The predicted octanol–water partition coefficient (Wildman–Crippen LogP) is 5.73. The van der Waals surface area contributed by atoms with Gasteiger partial charge in [-0.1, -0.05) is 43.0 Å². The van der Waals surface area contributed by atoms with Crippen molar-refractivity contribution < 1.29 is 18.7 Å². The van der Waals surface area contributed by atoms with Crippen LogP contribution in [0.1, 0.15) is 44.6 Å². The molecule has 1 aliphatic rings. The molecule has 1 unspecified atom stereocenters. The van der Waals surface area contributed by atoms with Gasteiger partial charge in [0.2, 0.25) is 5.91 Å². The van der Waals surface area contributed by atoms with Crippen LogP contribution in [0.4, 0.5) is 10.1 Å². The Bertz CT molecular complexity index is 835. The average Bonchev–Trinajstić information content (AvgIpc) is 2.71. The van der Waals surface area contributed by atoms with Crippen molar-refractivity contribution in [2.45, 2.75) is 50.5 Å². The topological polar surface area (TPSA) is 47.6 Å². The summed E-state index contributed by atoms with van der Waals surface area (Å²) >= 11 is 6.35. The summed E-state index contributed by atoms with van der Waals surface area (Å²) in [7, 11) is 1.61. The fourth-order valence-corrected chi connectivity index (χ4v) is 4.21. The second-order valence-corrected chi connectivity index (χ2v) is 8.04. The number of halogens is 2. The minimum Gasteiger partial charge on any atom is -0.487 e. The molecule has 4 nitrogen and oxygen atoms in total. The lowest BCUT2D eigenvalue weighted by Crippen LogP contribution is -2.42. The summed E-state index contributed by atoms with van der Waals surface area (Å²) in [4.78, 5) is 13.3. The van der Waals surface area contributed by atoms with Crippen LogP contribution in [0.3, 0.4) is 0 Å². The van der Waals surface area contributed by atoms with Crippen molar-refractivity contribution in [3.63, 3.8) is 0 Å². The third-order valence-corrected chi connectivity index (χ3v) is 5.75. The van der Waals surface area contributed by atoms with Crippen molar-refractivity contribution in [2.75, 3.05) is 19.0 Å². The first-order chi connectivity index (χ1) is 13.9. The third-order valence-electron chi connectivity index (χ3n) is 5.46. The van der Waals surface area contributed by atoms with Crippen LogP contribution < -0.4 is 10.1 Å². The molecule has 1 atom stereocenters. The normalized spacial score (nSPS) is 16.8. The van der Waals surface area contributed by atoms with Gasteiger partial charge in [0.05, 0.1) is 17.0 Å². The van der Waals surface area contributed by atoms with E-state index >= 15 is 0 Å². The van der Waals surface area contributed by atoms with Crippen LogP contribution in [-0.4, -0.2) is 25.7 Å². The van der Waals surface area contributed by atoms with E-state index in [1.807, 2.05) is 6.92 Å². The van der Waals surface area contributed by atoms with Gasteiger partial charge in [0.25, 0.3) is 0 Å². The maximum atomic E-state index is 13.4. The Labute approximate surface area is 176 Å². The fourth-order valence-electron chi connectivity index (χ4n) is 3.98. The molecule has 0 aromatic heterocycles. The van der Waals surface area contributed by atoms with Gasteiger partial charge in [0.15, 0.2) is 0 Å². The van der Waals surface area contributed by atoms with Crippen LogP contribution in [0.5, 0.6) is 5.75 Å². The molecule has 156 valence electrons. The number of benzene rings is 2. The zero-order valence-electron chi connectivity index (χ0n) is 16.8. The molecule has 1 saturated carbocycles. The van der Waals surface area contributed by atoms with Crippen molar-refractivity contribution in [2.24, 2.45) is 0 Å². The van der Waals surface area contributed by atoms with Gasteiger partial charge in [0, 0.05) is 12.8 Å². The van der Waals surface area contributed by atoms with E-state index in [1.165, 1.54) is 12.1 Å². The van der Waals surface area contributed by atoms with Gasteiger partial charge in [0.1, 0.15) is 17.7 Å². The van der Waals surface area contributed by atoms with Gasteiger partial charge >= 0.3 is 0 Å². The first-order valence-corrected chi connectivity index (χ1v) is 10.3. The minimum absolute atomic E-state index is 0.0821. The molecule has 0 saturated heterocycles. The van der Waals surface area contributed by atoms with E-state index in [4.69, 9.17) is 21.1 Å². The molecule has 0 spiro atoms. The molecule has 3 rings (SSSR count). The molecule has 1 amide bonds. The summed E-state index contributed by atoms with van der Waals surface area (Å²) in [5.41, 5.74) is 0.815. The first-order valence-electron chi connectivity index (χ1n) is 9.97. The first kappa shape index (κ1) is 21.6. The van der Waals surface area contributed by atoms with Gasteiger partial charge < -0.3 is 14.8 Å². The van der Waals surface area contributed by atoms with E-state index in [0.717, 1.165) is 37.7 Å². The molecule has 29 heavy (non-hydrogen) atoms. The molecule has 6 heteroatoms. The molecular formula is C23H27ClFNO3. The number of anilines is 1. The number of carbonyl (C=O) groups excluding carboxylic acids is 1. The summed E-state index contributed by atoms with van der Waals surface area (Å²) in [6.07, 6.45) is 4.39. The van der Waals surface area contributed by atoms with Gasteiger partial charge in [-0.2, -0.15) is 0 Å². The van der Waals surface area contributed by atoms with Crippen molar-refractivity contribution >= 4 is 23.2 Å². The molecule has 0 bridgehead atoms. The Balaban J connectivity index is 1.79. The Morgan fingerprint density at radius 2 is 1.86 bits per heavy atom. The Morgan fingerprint density at radius 1 is 1.17 bits per heavy atom. The van der Waals surface area contributed by atoms with E-state index < -0.39 is 5.41 Å². The van der Waals surface area contributed by atoms with Crippen molar-refractivity contribution in [3.05, 3.63) is 58.9 Å². The van der Waals surface area contributed by atoms with Gasteiger partial charge in [-0.25, -0.2) is 4.39 Å². The highest BCUT2D eigenvalue weighted by molar-refractivity contribution is 6.32. The largest absolute Gasteiger partial charge is 0.487 e. The number of ether oxygens (including phenoxy) is 2. The molecule has 1 fully saturated rings. The number of carbonyl (C=O) groups is 1. The summed E-state index contributed by atoms with van der Waals surface area (Å²) < 4.78 is 24.2. The predicted molar refractivity (Wildman–Crippen MR) is 113 cm³/mol. The lowest BCUT2D eigenvalue weighted by Gasteiger charge is -2.36. The lowest BCUT2D eigenvalue weighted by molar-refractivity contribution is -0.122. The van der Waals surface area contributed by atoms with E-state index in [2.05, 4.69) is 5.32 Å². The average molecular weight is 420 g/mol. The second-order valence-electron chi connectivity index (χ2n) is 7.63. The van der Waals surface area contributed by atoms with Crippen LogP contribution in [0, 0.1) is 5.82 Å².